The third-order valence-electron chi connectivity index (χ3n) is 7.13. The molecule has 1 amide bonds. The van der Waals surface area contributed by atoms with Gasteiger partial charge in [-0.1, -0.05) is 25.0 Å². The van der Waals surface area contributed by atoms with Gasteiger partial charge in [-0.25, -0.2) is 18.7 Å². The van der Waals surface area contributed by atoms with Crippen molar-refractivity contribution < 1.29 is 23.8 Å². The number of hydrogen-bond acceptors (Lipinski definition) is 5. The number of aliphatic carboxylic acids is 1. The number of nitrogens with zero attached hydrogens (tertiary/aromatic N) is 4. The van der Waals surface area contributed by atoms with Gasteiger partial charge >= 0.3 is 5.97 Å². The van der Waals surface area contributed by atoms with Gasteiger partial charge in [0, 0.05) is 35.9 Å². The molecule has 2 fully saturated rings. The zero-order valence-electron chi connectivity index (χ0n) is 20.4. The minimum absolute atomic E-state index is 0.105. The minimum atomic E-state index is -1.16. The summed E-state index contributed by atoms with van der Waals surface area (Å²) in [4.78, 5) is 31.0. The molecular weight excluding hydrogens is 463 g/mol. The van der Waals surface area contributed by atoms with Crippen LogP contribution in [0.5, 0.6) is 0 Å². The van der Waals surface area contributed by atoms with Crippen molar-refractivity contribution in [2.45, 2.75) is 51.0 Å². The third kappa shape index (κ3) is 4.39. The molecule has 1 N–H and O–H groups in total. The third-order valence-corrected chi connectivity index (χ3v) is 7.13. The lowest BCUT2D eigenvalue weighted by Gasteiger charge is -2.38. The van der Waals surface area contributed by atoms with E-state index < -0.39 is 11.8 Å². The van der Waals surface area contributed by atoms with Gasteiger partial charge < -0.3 is 14.7 Å². The van der Waals surface area contributed by atoms with Crippen molar-refractivity contribution in [2.24, 2.45) is 0 Å². The normalized spacial score (nSPS) is 19.9. The van der Waals surface area contributed by atoms with Gasteiger partial charge in [0.15, 0.2) is 5.65 Å². The van der Waals surface area contributed by atoms with Gasteiger partial charge in [0.05, 0.1) is 30.0 Å². The second-order valence-electron chi connectivity index (χ2n) is 9.96. The van der Waals surface area contributed by atoms with Crippen molar-refractivity contribution in [1.29, 1.82) is 0 Å². The number of ether oxygens (including phenoxy) is 1. The first-order valence-electron chi connectivity index (χ1n) is 12.3. The predicted octanol–water partition coefficient (Wildman–Crippen LogP) is 4.33. The van der Waals surface area contributed by atoms with E-state index in [1.54, 1.807) is 28.8 Å². The van der Waals surface area contributed by atoms with E-state index in [4.69, 9.17) is 9.84 Å². The highest BCUT2D eigenvalue weighted by molar-refractivity contribution is 5.93. The van der Waals surface area contributed by atoms with Crippen molar-refractivity contribution in [1.82, 2.24) is 19.5 Å². The van der Waals surface area contributed by atoms with Crippen LogP contribution < -0.4 is 0 Å². The van der Waals surface area contributed by atoms with Gasteiger partial charge in [-0.05, 0) is 44.9 Å². The molecular formula is C27H29FN4O4. The summed E-state index contributed by atoms with van der Waals surface area (Å²) >= 11 is 0. The first-order chi connectivity index (χ1) is 17.3. The Labute approximate surface area is 208 Å². The minimum Gasteiger partial charge on any atom is -0.478 e. The number of benzene rings is 1. The highest BCUT2D eigenvalue weighted by Crippen LogP contribution is 2.34. The molecule has 4 heterocycles. The number of rotatable bonds is 5. The predicted molar refractivity (Wildman–Crippen MR) is 132 cm³/mol. The van der Waals surface area contributed by atoms with Gasteiger partial charge in [-0.3, -0.25) is 4.79 Å². The van der Waals surface area contributed by atoms with Crippen LogP contribution >= 0.6 is 0 Å². The van der Waals surface area contributed by atoms with Crippen LogP contribution in [0.3, 0.4) is 0 Å². The lowest BCUT2D eigenvalue weighted by molar-refractivity contribution is -0.131. The Bertz CT molecular complexity index is 1360. The van der Waals surface area contributed by atoms with Crippen LogP contribution in [0, 0.1) is 5.82 Å². The van der Waals surface area contributed by atoms with Crippen molar-refractivity contribution >= 4 is 23.6 Å². The van der Waals surface area contributed by atoms with E-state index in [0.717, 1.165) is 37.5 Å². The Kier molecular flexibility index (Phi) is 6.34. The van der Waals surface area contributed by atoms with E-state index in [-0.39, 0.29) is 28.5 Å². The van der Waals surface area contributed by atoms with Gasteiger partial charge in [0.25, 0.3) is 5.91 Å². The Hall–Kier alpha value is -3.59. The first kappa shape index (κ1) is 24.1. The zero-order chi connectivity index (χ0) is 25.4. The first-order valence-corrected chi connectivity index (χ1v) is 12.3. The number of carboxylic acids is 1. The summed E-state index contributed by atoms with van der Waals surface area (Å²) in [6, 6.07) is 8.35. The molecule has 8 nitrogen and oxygen atoms in total. The highest BCUT2D eigenvalue weighted by Gasteiger charge is 2.39. The molecule has 2 saturated heterocycles. The molecule has 0 saturated carbocycles. The number of fused-ring (bicyclic) bond motifs is 1. The van der Waals surface area contributed by atoms with E-state index in [1.165, 1.54) is 12.1 Å². The van der Waals surface area contributed by atoms with E-state index in [1.807, 2.05) is 11.8 Å². The second-order valence-corrected chi connectivity index (χ2v) is 9.96. The molecule has 36 heavy (non-hydrogen) atoms. The summed E-state index contributed by atoms with van der Waals surface area (Å²) in [5.41, 5.74) is 1.96. The molecule has 0 radical (unpaired) electrons. The average Bonchev–Trinajstić information content (AvgIpc) is 3.15. The number of hydrogen-bond donors (Lipinski definition) is 1. The summed E-state index contributed by atoms with van der Waals surface area (Å²) in [6.45, 7) is 5.80. The quantitative estimate of drug-likeness (QED) is 0.533. The lowest BCUT2D eigenvalue weighted by atomic mass is 9.84. The smallest absolute Gasteiger partial charge is 0.328 e. The van der Waals surface area contributed by atoms with Crippen molar-refractivity contribution in [3.05, 3.63) is 59.2 Å². The van der Waals surface area contributed by atoms with E-state index in [9.17, 15) is 9.59 Å². The summed E-state index contributed by atoms with van der Waals surface area (Å²) < 4.78 is 22.4. The molecule has 0 spiro atoms. The van der Waals surface area contributed by atoms with Crippen LogP contribution in [0.1, 0.15) is 61.3 Å². The van der Waals surface area contributed by atoms with Crippen LogP contribution in [0.2, 0.25) is 0 Å². The Morgan fingerprint density at radius 2 is 2.03 bits per heavy atom. The number of carbonyl (C=O) groups is 2. The van der Waals surface area contributed by atoms with Gasteiger partial charge in [-0.2, -0.15) is 5.10 Å². The summed E-state index contributed by atoms with van der Waals surface area (Å²) in [7, 11) is 0. The number of halogens is 1. The molecule has 0 aliphatic carbocycles. The van der Waals surface area contributed by atoms with Crippen molar-refractivity contribution in [3.8, 4) is 11.3 Å². The largest absolute Gasteiger partial charge is 0.478 e. The highest BCUT2D eigenvalue weighted by atomic mass is 19.1. The fraction of sp³-hybridized carbons (Fsp3) is 0.407. The average molecular weight is 493 g/mol. The number of carbonyl (C=O) groups excluding carboxylic acids is 1. The van der Waals surface area contributed by atoms with Crippen LogP contribution in [0.4, 0.5) is 4.39 Å². The number of amides is 1. The molecule has 0 unspecified atom stereocenters. The Morgan fingerprint density at radius 3 is 2.75 bits per heavy atom. The maximum absolute atomic E-state index is 15.3. The van der Waals surface area contributed by atoms with Crippen LogP contribution in [0.15, 0.2) is 36.4 Å². The molecule has 2 aliphatic heterocycles. The molecule has 1 aromatic carbocycles. The Balaban J connectivity index is 1.61. The monoisotopic (exact) mass is 492 g/mol. The fourth-order valence-electron chi connectivity index (χ4n) is 4.96. The molecule has 188 valence electrons. The topological polar surface area (TPSA) is 97.0 Å². The molecule has 1 atom stereocenters. The maximum atomic E-state index is 15.3. The number of likely N-dealkylation sites (tertiary alicyclic amines) is 1. The molecule has 2 aliphatic rings. The van der Waals surface area contributed by atoms with Crippen molar-refractivity contribution in [2.75, 3.05) is 19.8 Å². The van der Waals surface area contributed by atoms with Crippen LogP contribution in [-0.4, -0.2) is 62.3 Å². The molecule has 2 aromatic heterocycles. The Morgan fingerprint density at radius 1 is 1.22 bits per heavy atom. The summed E-state index contributed by atoms with van der Waals surface area (Å²) in [5.74, 6) is -1.84. The van der Waals surface area contributed by atoms with E-state index in [2.05, 4.69) is 17.0 Å². The van der Waals surface area contributed by atoms with Crippen molar-refractivity contribution in [3.63, 3.8) is 0 Å². The number of carboxylic acid groups (broad SMARTS) is 1. The molecule has 3 aromatic rings. The summed E-state index contributed by atoms with van der Waals surface area (Å²) in [6.07, 6.45) is 6.27. The maximum Gasteiger partial charge on any atom is 0.328 e. The second kappa shape index (κ2) is 9.46. The lowest BCUT2D eigenvalue weighted by Crippen LogP contribution is -2.46. The summed E-state index contributed by atoms with van der Waals surface area (Å²) in [5, 5.41) is 13.6. The standard InChI is InChI=1S/C27H29FN4O4/c1-17-7-4-3-5-12-31(17)26(35)21-13-22(27(2)15-36-16-27)32-23(29-21)14-20(30-32)19-9-6-8-18(25(19)28)10-11-24(33)34/h6,8-11,13-14,17H,3-5,7,12,15-16H2,1-2H3,(H,33,34)/b11-10+/t17-/m1/s1. The van der Waals surface area contributed by atoms with Crippen LogP contribution in [-0.2, 0) is 14.9 Å². The van der Waals surface area contributed by atoms with Crippen LogP contribution in [0.25, 0.3) is 23.0 Å². The van der Waals surface area contributed by atoms with E-state index >= 15 is 4.39 Å². The van der Waals surface area contributed by atoms with Gasteiger partial charge in [0.1, 0.15) is 11.5 Å². The molecule has 5 rings (SSSR count). The van der Waals surface area contributed by atoms with Gasteiger partial charge in [-0.15, -0.1) is 0 Å². The number of aromatic nitrogens is 3. The van der Waals surface area contributed by atoms with E-state index in [0.29, 0.717) is 36.8 Å². The molecule has 0 bridgehead atoms. The molecule has 9 heteroatoms. The fourth-order valence-corrected chi connectivity index (χ4v) is 4.96. The zero-order valence-corrected chi connectivity index (χ0v) is 20.4. The van der Waals surface area contributed by atoms with Gasteiger partial charge in [0.2, 0.25) is 0 Å². The SMILES string of the molecule is C[C@@H]1CCCCCN1C(=O)c1cc(C2(C)COC2)n2nc(-c3cccc(/C=C/C(=O)O)c3F)cc2n1.